The van der Waals surface area contributed by atoms with Crippen molar-refractivity contribution in [3.8, 4) is 0 Å². The topological polar surface area (TPSA) is 32.3 Å². The van der Waals surface area contributed by atoms with Gasteiger partial charge in [0, 0.05) is 29.0 Å². The Morgan fingerprint density at radius 2 is 1.88 bits per heavy atom. The van der Waals surface area contributed by atoms with Gasteiger partial charge in [0.25, 0.3) is 5.91 Å². The van der Waals surface area contributed by atoms with Gasteiger partial charge in [-0.15, -0.1) is 0 Å². The standard InChI is InChI=1S/C19H20Cl2N2O/c1-13-4-2-3-11-23(13)16-8-6-15(7-9-16)22-19(24)17-12-14(20)5-10-18(17)21/h5-10,12-13H,2-4,11H2,1H3,(H,22,24)/t13-/m1/s1. The number of carbonyl (C=O) groups excluding carboxylic acids is 1. The Morgan fingerprint density at radius 1 is 1.12 bits per heavy atom. The molecule has 1 aliphatic rings. The van der Waals surface area contributed by atoms with Crippen LogP contribution in [0.5, 0.6) is 0 Å². The van der Waals surface area contributed by atoms with Crippen molar-refractivity contribution < 1.29 is 4.79 Å². The lowest BCUT2D eigenvalue weighted by Gasteiger charge is -2.35. The van der Waals surface area contributed by atoms with Crippen LogP contribution in [0.2, 0.25) is 10.0 Å². The first-order valence-electron chi connectivity index (χ1n) is 8.18. The van der Waals surface area contributed by atoms with Crippen molar-refractivity contribution >= 4 is 40.5 Å². The normalized spacial score (nSPS) is 17.6. The SMILES string of the molecule is C[C@@H]1CCCCN1c1ccc(NC(=O)c2cc(Cl)ccc2Cl)cc1. The highest BCUT2D eigenvalue weighted by molar-refractivity contribution is 6.36. The molecule has 2 aromatic carbocycles. The van der Waals surface area contributed by atoms with Crippen molar-refractivity contribution in [1.82, 2.24) is 0 Å². The van der Waals surface area contributed by atoms with Gasteiger partial charge in [-0.2, -0.15) is 0 Å². The smallest absolute Gasteiger partial charge is 0.257 e. The van der Waals surface area contributed by atoms with Gasteiger partial charge in [-0.3, -0.25) is 4.79 Å². The second-order valence-corrected chi connectivity index (χ2v) is 7.01. The average molecular weight is 363 g/mol. The van der Waals surface area contributed by atoms with Crippen LogP contribution in [-0.2, 0) is 0 Å². The number of amides is 1. The van der Waals surface area contributed by atoms with Crippen molar-refractivity contribution in [2.45, 2.75) is 32.2 Å². The number of nitrogens with zero attached hydrogens (tertiary/aromatic N) is 1. The Bertz CT molecular complexity index is 731. The van der Waals surface area contributed by atoms with Crippen LogP contribution in [0.4, 0.5) is 11.4 Å². The van der Waals surface area contributed by atoms with E-state index in [4.69, 9.17) is 23.2 Å². The van der Waals surface area contributed by atoms with Crippen LogP contribution in [0.1, 0.15) is 36.5 Å². The summed E-state index contributed by atoms with van der Waals surface area (Å²) in [5.41, 5.74) is 2.31. The molecule has 1 saturated heterocycles. The molecule has 1 N–H and O–H groups in total. The molecule has 3 nitrogen and oxygen atoms in total. The second-order valence-electron chi connectivity index (χ2n) is 6.16. The minimum atomic E-state index is -0.262. The third-order valence-corrected chi connectivity index (χ3v) is 5.00. The molecule has 2 aromatic rings. The van der Waals surface area contributed by atoms with Crippen molar-refractivity contribution in [1.29, 1.82) is 0 Å². The Hall–Kier alpha value is -1.71. The van der Waals surface area contributed by atoms with E-state index in [1.165, 1.54) is 24.9 Å². The van der Waals surface area contributed by atoms with Gasteiger partial charge >= 0.3 is 0 Å². The van der Waals surface area contributed by atoms with Crippen molar-refractivity contribution in [2.24, 2.45) is 0 Å². The lowest BCUT2D eigenvalue weighted by Crippen LogP contribution is -2.37. The van der Waals surface area contributed by atoms with Gasteiger partial charge in [-0.05, 0) is 68.7 Å². The molecule has 24 heavy (non-hydrogen) atoms. The highest BCUT2D eigenvalue weighted by Gasteiger charge is 2.18. The van der Waals surface area contributed by atoms with Gasteiger partial charge in [-0.1, -0.05) is 23.2 Å². The highest BCUT2D eigenvalue weighted by atomic mass is 35.5. The molecular formula is C19H20Cl2N2O. The van der Waals surface area contributed by atoms with Gasteiger partial charge in [0.15, 0.2) is 0 Å². The average Bonchev–Trinajstić information content (AvgIpc) is 2.58. The van der Waals surface area contributed by atoms with E-state index in [1.54, 1.807) is 18.2 Å². The van der Waals surface area contributed by atoms with Crippen LogP contribution >= 0.6 is 23.2 Å². The van der Waals surface area contributed by atoms with E-state index in [0.29, 0.717) is 21.7 Å². The fraction of sp³-hybridized carbons (Fsp3) is 0.316. The quantitative estimate of drug-likeness (QED) is 0.767. The molecule has 1 fully saturated rings. The van der Waals surface area contributed by atoms with Gasteiger partial charge < -0.3 is 10.2 Å². The first-order chi connectivity index (χ1) is 11.5. The van der Waals surface area contributed by atoms with Gasteiger partial charge in [-0.25, -0.2) is 0 Å². The number of benzene rings is 2. The number of hydrogen-bond donors (Lipinski definition) is 1. The summed E-state index contributed by atoms with van der Waals surface area (Å²) in [4.78, 5) is 14.8. The molecule has 1 atom stereocenters. The maximum absolute atomic E-state index is 12.4. The predicted molar refractivity (Wildman–Crippen MR) is 102 cm³/mol. The molecule has 0 aromatic heterocycles. The molecular weight excluding hydrogens is 343 g/mol. The molecule has 0 aliphatic carbocycles. The van der Waals surface area contributed by atoms with Crippen molar-refractivity contribution in [2.75, 3.05) is 16.8 Å². The molecule has 5 heteroatoms. The number of carbonyl (C=O) groups is 1. The fourth-order valence-electron chi connectivity index (χ4n) is 3.09. The summed E-state index contributed by atoms with van der Waals surface area (Å²) in [5.74, 6) is -0.262. The number of piperidine rings is 1. The van der Waals surface area contributed by atoms with Crippen molar-refractivity contribution in [3.05, 3.63) is 58.1 Å². The van der Waals surface area contributed by atoms with Gasteiger partial charge in [0.1, 0.15) is 0 Å². The van der Waals surface area contributed by atoms with E-state index < -0.39 is 0 Å². The zero-order valence-corrected chi connectivity index (χ0v) is 15.1. The molecule has 3 rings (SSSR count). The summed E-state index contributed by atoms with van der Waals surface area (Å²) in [6.45, 7) is 3.35. The molecule has 126 valence electrons. The summed E-state index contributed by atoms with van der Waals surface area (Å²) >= 11 is 12.0. The van der Waals surface area contributed by atoms with Crippen LogP contribution in [0.15, 0.2) is 42.5 Å². The third kappa shape index (κ3) is 3.85. The molecule has 0 spiro atoms. The molecule has 0 saturated carbocycles. The van der Waals surface area contributed by atoms with Crippen LogP contribution in [0.3, 0.4) is 0 Å². The number of nitrogens with one attached hydrogen (secondary N) is 1. The van der Waals surface area contributed by atoms with Crippen LogP contribution in [0, 0.1) is 0 Å². The summed E-state index contributed by atoms with van der Waals surface area (Å²) in [6, 6.07) is 13.4. The summed E-state index contributed by atoms with van der Waals surface area (Å²) in [7, 11) is 0. The number of rotatable bonds is 3. The number of halogens is 2. The molecule has 0 unspecified atom stereocenters. The van der Waals surface area contributed by atoms with Crippen LogP contribution < -0.4 is 10.2 Å². The third-order valence-electron chi connectivity index (χ3n) is 4.43. The van der Waals surface area contributed by atoms with E-state index in [9.17, 15) is 4.79 Å². The Labute approximate surface area is 152 Å². The second kappa shape index (κ2) is 7.45. The molecule has 0 radical (unpaired) electrons. The van der Waals surface area contributed by atoms with Crippen molar-refractivity contribution in [3.63, 3.8) is 0 Å². The summed E-state index contributed by atoms with van der Waals surface area (Å²) in [5, 5.41) is 3.74. The van der Waals surface area contributed by atoms with Crippen LogP contribution in [-0.4, -0.2) is 18.5 Å². The molecule has 0 bridgehead atoms. The zero-order valence-electron chi connectivity index (χ0n) is 13.6. The number of anilines is 2. The Kier molecular flexibility index (Phi) is 5.32. The van der Waals surface area contributed by atoms with E-state index in [-0.39, 0.29) is 5.91 Å². The summed E-state index contributed by atoms with van der Waals surface area (Å²) in [6.07, 6.45) is 3.76. The highest BCUT2D eigenvalue weighted by Crippen LogP contribution is 2.26. The molecule has 1 amide bonds. The van der Waals surface area contributed by atoms with E-state index in [1.807, 2.05) is 12.1 Å². The Morgan fingerprint density at radius 3 is 2.58 bits per heavy atom. The van der Waals surface area contributed by atoms with Gasteiger partial charge in [0.05, 0.1) is 10.6 Å². The minimum Gasteiger partial charge on any atom is -0.369 e. The zero-order chi connectivity index (χ0) is 17.1. The predicted octanol–water partition coefficient (Wildman–Crippen LogP) is 5.62. The summed E-state index contributed by atoms with van der Waals surface area (Å²) < 4.78 is 0. The van der Waals surface area contributed by atoms with E-state index >= 15 is 0 Å². The van der Waals surface area contributed by atoms with Gasteiger partial charge in [0.2, 0.25) is 0 Å². The minimum absolute atomic E-state index is 0.262. The van der Waals surface area contributed by atoms with E-state index in [0.717, 1.165) is 12.2 Å². The van der Waals surface area contributed by atoms with E-state index in [2.05, 4.69) is 29.3 Å². The largest absolute Gasteiger partial charge is 0.369 e. The fourth-order valence-corrected chi connectivity index (χ4v) is 3.46. The van der Waals surface area contributed by atoms with Crippen LogP contribution in [0.25, 0.3) is 0 Å². The maximum atomic E-state index is 12.4. The molecule has 1 aliphatic heterocycles. The first-order valence-corrected chi connectivity index (χ1v) is 8.93. The number of hydrogen-bond acceptors (Lipinski definition) is 2. The first kappa shape index (κ1) is 17.1. The molecule has 1 heterocycles. The monoisotopic (exact) mass is 362 g/mol. The maximum Gasteiger partial charge on any atom is 0.257 e. The Balaban J connectivity index is 1.72. The lowest BCUT2D eigenvalue weighted by atomic mass is 10.0. The lowest BCUT2D eigenvalue weighted by molar-refractivity contribution is 0.102.